The third-order valence-corrected chi connectivity index (χ3v) is 5.02. The molecule has 0 unspecified atom stereocenters. The van der Waals surface area contributed by atoms with Crippen molar-refractivity contribution in [2.75, 3.05) is 7.11 Å². The quantitative estimate of drug-likeness (QED) is 0.342. The second-order valence-electron chi connectivity index (χ2n) is 6.96. The second kappa shape index (κ2) is 8.31. The molecule has 0 N–H and O–H groups in total. The first-order valence-electron chi connectivity index (χ1n) is 9.72. The Balaban J connectivity index is 1.66. The predicted molar refractivity (Wildman–Crippen MR) is 112 cm³/mol. The monoisotopic (exact) mass is 390 g/mol. The van der Waals surface area contributed by atoms with E-state index in [0.717, 1.165) is 36.8 Å². The van der Waals surface area contributed by atoms with E-state index in [2.05, 4.69) is 14.3 Å². The maximum Gasteiger partial charge on any atom is 0.305 e. The van der Waals surface area contributed by atoms with Gasteiger partial charge < -0.3 is 13.7 Å². The van der Waals surface area contributed by atoms with Crippen molar-refractivity contribution >= 4 is 28.0 Å². The third-order valence-electron chi connectivity index (χ3n) is 5.02. The molecular formula is C23H22N2O4. The Morgan fingerprint density at radius 1 is 1.07 bits per heavy atom. The molecule has 0 bridgehead atoms. The lowest BCUT2D eigenvalue weighted by molar-refractivity contribution is -0.140. The predicted octanol–water partition coefficient (Wildman–Crippen LogP) is 4.54. The van der Waals surface area contributed by atoms with E-state index in [0.29, 0.717) is 28.8 Å². The van der Waals surface area contributed by atoms with Crippen LogP contribution < -0.4 is 5.43 Å². The van der Waals surface area contributed by atoms with E-state index in [4.69, 9.17) is 4.42 Å². The van der Waals surface area contributed by atoms with Gasteiger partial charge in [0.1, 0.15) is 11.1 Å². The Morgan fingerprint density at radius 3 is 2.69 bits per heavy atom. The Bertz CT molecular complexity index is 1190. The standard InChI is InChI=1S/C23H22N2O4/c1-28-21(26)13-3-2-8-14-25-15-17(22(27)16-9-4-6-11-19(16)25)23-24-18-10-5-7-12-20(18)29-23/h4-7,9-12,15H,2-3,8,13-14H2,1H3. The molecule has 6 heteroatoms. The number of methoxy groups -OCH3 is 1. The van der Waals surface area contributed by atoms with E-state index < -0.39 is 0 Å². The molecule has 0 atom stereocenters. The van der Waals surface area contributed by atoms with E-state index in [-0.39, 0.29) is 11.4 Å². The van der Waals surface area contributed by atoms with Crippen LogP contribution in [0.2, 0.25) is 0 Å². The summed E-state index contributed by atoms with van der Waals surface area (Å²) < 4.78 is 12.6. The highest BCUT2D eigenvalue weighted by molar-refractivity contribution is 5.84. The van der Waals surface area contributed by atoms with Gasteiger partial charge in [0.05, 0.1) is 12.6 Å². The Hall–Kier alpha value is -3.41. The molecule has 2 aromatic carbocycles. The normalized spacial score (nSPS) is 11.2. The number of esters is 1. The highest BCUT2D eigenvalue weighted by Crippen LogP contribution is 2.24. The molecule has 148 valence electrons. The number of pyridine rings is 1. The highest BCUT2D eigenvalue weighted by atomic mass is 16.5. The fourth-order valence-electron chi connectivity index (χ4n) is 3.50. The van der Waals surface area contributed by atoms with Gasteiger partial charge in [0.2, 0.25) is 11.3 Å². The summed E-state index contributed by atoms with van der Waals surface area (Å²) in [6.45, 7) is 0.731. The van der Waals surface area contributed by atoms with Crippen molar-refractivity contribution in [3.05, 3.63) is 65.0 Å². The number of hydrogen-bond donors (Lipinski definition) is 0. The van der Waals surface area contributed by atoms with Crippen LogP contribution in [0.15, 0.2) is 63.9 Å². The minimum Gasteiger partial charge on any atom is -0.469 e. The first-order chi connectivity index (χ1) is 14.2. The number of benzene rings is 2. The van der Waals surface area contributed by atoms with E-state index >= 15 is 0 Å². The molecule has 0 saturated heterocycles. The van der Waals surface area contributed by atoms with E-state index in [1.54, 1.807) is 0 Å². The average Bonchev–Trinajstić information content (AvgIpc) is 3.18. The smallest absolute Gasteiger partial charge is 0.305 e. The first kappa shape index (κ1) is 18.9. The van der Waals surface area contributed by atoms with Gasteiger partial charge in [0.25, 0.3) is 0 Å². The Labute approximate surface area is 167 Å². The molecule has 4 aromatic rings. The molecule has 0 aliphatic rings. The molecule has 0 saturated carbocycles. The van der Waals surface area contributed by atoms with Crippen LogP contribution in [0.3, 0.4) is 0 Å². The van der Waals surface area contributed by atoms with Crippen LogP contribution in [-0.4, -0.2) is 22.6 Å². The number of carbonyl (C=O) groups excluding carboxylic acids is 1. The summed E-state index contributed by atoms with van der Waals surface area (Å²) in [4.78, 5) is 28.8. The highest BCUT2D eigenvalue weighted by Gasteiger charge is 2.15. The lowest BCUT2D eigenvalue weighted by Crippen LogP contribution is -2.12. The average molecular weight is 390 g/mol. The van der Waals surface area contributed by atoms with Crippen molar-refractivity contribution in [2.45, 2.75) is 32.2 Å². The number of aryl methyl sites for hydroxylation is 1. The number of oxazole rings is 1. The zero-order chi connectivity index (χ0) is 20.2. The SMILES string of the molecule is COC(=O)CCCCCn1cc(-c2nc3ccccc3o2)c(=O)c2ccccc21. The van der Waals surface area contributed by atoms with Gasteiger partial charge in [-0.3, -0.25) is 9.59 Å². The summed E-state index contributed by atoms with van der Waals surface area (Å²) in [7, 11) is 1.41. The summed E-state index contributed by atoms with van der Waals surface area (Å²) in [5.41, 5.74) is 2.63. The van der Waals surface area contributed by atoms with Gasteiger partial charge in [0, 0.05) is 24.5 Å². The van der Waals surface area contributed by atoms with Crippen LogP contribution in [0.1, 0.15) is 25.7 Å². The van der Waals surface area contributed by atoms with Crippen molar-refractivity contribution in [1.82, 2.24) is 9.55 Å². The number of unbranched alkanes of at least 4 members (excludes halogenated alkanes) is 2. The van der Waals surface area contributed by atoms with Crippen molar-refractivity contribution in [2.24, 2.45) is 0 Å². The molecule has 29 heavy (non-hydrogen) atoms. The molecule has 2 aromatic heterocycles. The zero-order valence-corrected chi connectivity index (χ0v) is 16.3. The van der Waals surface area contributed by atoms with E-state index in [1.165, 1.54) is 7.11 Å². The van der Waals surface area contributed by atoms with Gasteiger partial charge >= 0.3 is 5.97 Å². The Morgan fingerprint density at radius 2 is 1.86 bits per heavy atom. The van der Waals surface area contributed by atoms with Crippen LogP contribution >= 0.6 is 0 Å². The maximum absolute atomic E-state index is 13.1. The summed E-state index contributed by atoms with van der Waals surface area (Å²) in [5, 5.41) is 0.641. The number of fused-ring (bicyclic) bond motifs is 2. The van der Waals surface area contributed by atoms with E-state index in [1.807, 2.05) is 54.7 Å². The van der Waals surface area contributed by atoms with Gasteiger partial charge in [-0.25, -0.2) is 4.98 Å². The summed E-state index contributed by atoms with van der Waals surface area (Å²) in [6, 6.07) is 15.0. The molecule has 0 radical (unpaired) electrons. The first-order valence-corrected chi connectivity index (χ1v) is 9.72. The zero-order valence-electron chi connectivity index (χ0n) is 16.3. The number of carbonyl (C=O) groups is 1. The molecule has 0 fully saturated rings. The van der Waals surface area contributed by atoms with Crippen molar-refractivity contribution in [3.8, 4) is 11.5 Å². The van der Waals surface area contributed by atoms with Gasteiger partial charge in [-0.05, 0) is 37.1 Å². The van der Waals surface area contributed by atoms with Gasteiger partial charge in [-0.15, -0.1) is 0 Å². The molecule has 4 rings (SSSR count). The van der Waals surface area contributed by atoms with Crippen LogP contribution in [0.25, 0.3) is 33.5 Å². The summed E-state index contributed by atoms with van der Waals surface area (Å²) in [5.74, 6) is 0.151. The van der Waals surface area contributed by atoms with Crippen molar-refractivity contribution in [1.29, 1.82) is 0 Å². The van der Waals surface area contributed by atoms with Crippen LogP contribution in [-0.2, 0) is 16.1 Å². The van der Waals surface area contributed by atoms with Crippen molar-refractivity contribution < 1.29 is 13.9 Å². The second-order valence-corrected chi connectivity index (χ2v) is 6.96. The summed E-state index contributed by atoms with van der Waals surface area (Å²) in [6.07, 6.45) is 4.82. The van der Waals surface area contributed by atoms with Gasteiger partial charge in [0.15, 0.2) is 5.58 Å². The van der Waals surface area contributed by atoms with Crippen LogP contribution in [0.4, 0.5) is 0 Å². The van der Waals surface area contributed by atoms with Gasteiger partial charge in [-0.2, -0.15) is 0 Å². The van der Waals surface area contributed by atoms with Crippen LogP contribution in [0, 0.1) is 0 Å². The lowest BCUT2D eigenvalue weighted by atomic mass is 10.1. The maximum atomic E-state index is 13.1. The molecule has 2 heterocycles. The number of aromatic nitrogens is 2. The number of para-hydroxylation sites is 3. The van der Waals surface area contributed by atoms with Crippen molar-refractivity contribution in [3.63, 3.8) is 0 Å². The van der Waals surface area contributed by atoms with E-state index in [9.17, 15) is 9.59 Å². The third kappa shape index (κ3) is 3.92. The number of hydrogen-bond acceptors (Lipinski definition) is 5. The molecule has 0 aliphatic heterocycles. The minimum atomic E-state index is -0.183. The number of rotatable bonds is 7. The summed E-state index contributed by atoms with van der Waals surface area (Å²) >= 11 is 0. The number of nitrogens with zero attached hydrogens (tertiary/aromatic N) is 2. The fourth-order valence-corrected chi connectivity index (χ4v) is 3.50. The largest absolute Gasteiger partial charge is 0.469 e. The Kier molecular flexibility index (Phi) is 5.42. The topological polar surface area (TPSA) is 74.3 Å². The molecule has 0 aliphatic carbocycles. The van der Waals surface area contributed by atoms with Crippen LogP contribution in [0.5, 0.6) is 0 Å². The lowest BCUT2D eigenvalue weighted by Gasteiger charge is -2.12. The molecular weight excluding hydrogens is 368 g/mol. The minimum absolute atomic E-state index is 0.0888. The number of ether oxygens (including phenoxy) is 1. The van der Waals surface area contributed by atoms with Gasteiger partial charge in [-0.1, -0.05) is 30.7 Å². The molecule has 0 spiro atoms. The molecule has 6 nitrogen and oxygen atoms in total. The fraction of sp³-hybridized carbons (Fsp3) is 0.261. The molecule has 0 amide bonds.